The molecule has 6 heteroatoms. The second kappa shape index (κ2) is 8.46. The average Bonchev–Trinajstić information content (AvgIpc) is 2.91. The molecule has 0 aromatic heterocycles. The molecule has 1 heterocycles. The van der Waals surface area contributed by atoms with Crippen molar-refractivity contribution in [1.82, 2.24) is 0 Å². The highest BCUT2D eigenvalue weighted by Crippen LogP contribution is 2.39. The van der Waals surface area contributed by atoms with Crippen molar-refractivity contribution in [2.24, 2.45) is 0 Å². The Kier molecular flexibility index (Phi) is 5.72. The zero-order valence-corrected chi connectivity index (χ0v) is 17.0. The minimum atomic E-state index is -4.75. The molecule has 31 heavy (non-hydrogen) atoms. The second-order valence-electron chi connectivity index (χ2n) is 7.51. The lowest BCUT2D eigenvalue weighted by Gasteiger charge is -2.29. The number of carbonyl (C=O) groups excluding carboxylic acids is 1. The maximum Gasteiger partial charge on any atom is 0.573 e. The summed E-state index contributed by atoms with van der Waals surface area (Å²) < 4.78 is 41.4. The number of amides is 1. The number of carbonyl (C=O) groups is 1. The van der Waals surface area contributed by atoms with Crippen LogP contribution < -0.4 is 9.64 Å². The van der Waals surface area contributed by atoms with E-state index in [2.05, 4.69) is 4.74 Å². The van der Waals surface area contributed by atoms with E-state index in [4.69, 9.17) is 0 Å². The minimum absolute atomic E-state index is 0.103. The van der Waals surface area contributed by atoms with E-state index in [1.165, 1.54) is 24.3 Å². The first-order chi connectivity index (χ1) is 14.9. The Morgan fingerprint density at radius 2 is 1.42 bits per heavy atom. The third-order valence-electron chi connectivity index (χ3n) is 5.57. The zero-order chi connectivity index (χ0) is 22.0. The normalized spacial score (nSPS) is 14.3. The zero-order valence-electron chi connectivity index (χ0n) is 17.0. The molecular weight excluding hydrogens is 403 g/mol. The molecule has 1 aliphatic heterocycles. The summed E-state index contributed by atoms with van der Waals surface area (Å²) in [6.45, 7) is 1.90. The van der Waals surface area contributed by atoms with Gasteiger partial charge in [-0.2, -0.15) is 0 Å². The van der Waals surface area contributed by atoms with Crippen LogP contribution in [0.2, 0.25) is 0 Å². The summed E-state index contributed by atoms with van der Waals surface area (Å²) in [6.07, 6.45) is -2.57. The van der Waals surface area contributed by atoms with E-state index in [1.54, 1.807) is 4.90 Å². The summed E-state index contributed by atoms with van der Waals surface area (Å²) >= 11 is 0. The third-order valence-corrected chi connectivity index (χ3v) is 5.57. The Bertz CT molecular complexity index is 1030. The molecule has 0 unspecified atom stereocenters. The Labute approximate surface area is 179 Å². The number of halogens is 3. The minimum Gasteiger partial charge on any atom is -0.406 e. The van der Waals surface area contributed by atoms with Crippen LogP contribution in [0.3, 0.4) is 0 Å². The highest BCUT2D eigenvalue weighted by Gasteiger charge is 2.33. The summed E-state index contributed by atoms with van der Waals surface area (Å²) in [5.41, 5.74) is 4.55. The van der Waals surface area contributed by atoms with Crippen LogP contribution in [0.25, 0.3) is 0 Å². The number of hydrogen-bond acceptors (Lipinski definition) is 2. The van der Waals surface area contributed by atoms with Crippen LogP contribution in [-0.4, -0.2) is 12.3 Å². The number of alkyl halides is 3. The molecule has 0 spiro atoms. The van der Waals surface area contributed by atoms with E-state index in [9.17, 15) is 18.0 Å². The van der Waals surface area contributed by atoms with E-state index in [-0.39, 0.29) is 11.7 Å². The second-order valence-corrected chi connectivity index (χ2v) is 7.51. The Hall–Kier alpha value is -3.28. The monoisotopic (exact) mass is 425 g/mol. The smallest absolute Gasteiger partial charge is 0.406 e. The summed E-state index contributed by atoms with van der Waals surface area (Å²) in [5.74, 6) is -0.906. The number of rotatable bonds is 4. The topological polar surface area (TPSA) is 29.5 Å². The van der Waals surface area contributed by atoms with Gasteiger partial charge in [0.25, 0.3) is 0 Å². The van der Waals surface area contributed by atoms with Crippen LogP contribution in [0.1, 0.15) is 36.0 Å². The van der Waals surface area contributed by atoms with Crippen molar-refractivity contribution >= 4 is 17.3 Å². The number of para-hydroxylation sites is 2. The first-order valence-electron chi connectivity index (χ1n) is 10.2. The predicted molar refractivity (Wildman–Crippen MR) is 114 cm³/mol. The number of fused-ring (bicyclic) bond motifs is 2. The number of benzene rings is 3. The maximum atomic E-state index is 13.8. The van der Waals surface area contributed by atoms with Gasteiger partial charge in [-0.25, -0.2) is 0 Å². The van der Waals surface area contributed by atoms with Gasteiger partial charge in [-0.15, -0.1) is 13.2 Å². The average molecular weight is 425 g/mol. The van der Waals surface area contributed by atoms with Crippen LogP contribution in [-0.2, 0) is 17.6 Å². The molecule has 0 radical (unpaired) electrons. The fourth-order valence-electron chi connectivity index (χ4n) is 4.13. The number of hydrogen-bond donors (Lipinski definition) is 0. The van der Waals surface area contributed by atoms with Gasteiger partial charge in [0.05, 0.1) is 17.3 Å². The third kappa shape index (κ3) is 4.43. The van der Waals surface area contributed by atoms with E-state index in [0.29, 0.717) is 12.0 Å². The lowest BCUT2D eigenvalue weighted by molar-refractivity contribution is -0.274. The van der Waals surface area contributed by atoms with Gasteiger partial charge in [-0.1, -0.05) is 55.5 Å². The van der Waals surface area contributed by atoms with Crippen LogP contribution in [0.15, 0.2) is 72.8 Å². The van der Waals surface area contributed by atoms with Gasteiger partial charge in [0.1, 0.15) is 5.75 Å². The first-order valence-corrected chi connectivity index (χ1v) is 10.2. The van der Waals surface area contributed by atoms with Crippen molar-refractivity contribution in [3.8, 4) is 5.75 Å². The molecule has 1 aliphatic rings. The molecule has 0 bridgehead atoms. The van der Waals surface area contributed by atoms with E-state index < -0.39 is 12.3 Å². The number of nitrogens with zero attached hydrogens (tertiary/aromatic N) is 1. The molecule has 3 aromatic carbocycles. The van der Waals surface area contributed by atoms with E-state index in [0.717, 1.165) is 35.3 Å². The predicted octanol–water partition coefficient (Wildman–Crippen LogP) is 6.54. The molecule has 3 nitrogen and oxygen atoms in total. The van der Waals surface area contributed by atoms with Crippen molar-refractivity contribution in [3.05, 3.63) is 89.5 Å². The quantitative estimate of drug-likeness (QED) is 0.475. The number of ether oxygens (including phenoxy) is 1. The van der Waals surface area contributed by atoms with Gasteiger partial charge in [-0.3, -0.25) is 9.69 Å². The van der Waals surface area contributed by atoms with Crippen molar-refractivity contribution in [1.29, 1.82) is 0 Å². The standard InChI is InChI=1S/C25H22F3NO2/c1-2-21(17-13-15-20(16-14-17)31-25(26,27)28)24(30)29-22-9-5-3-7-18(22)11-12-19-8-4-6-10-23(19)29/h3-10,13-16,21H,2,11-12H2,1H3/t21-/m0/s1. The SMILES string of the molecule is CC[C@H](C(=O)N1c2ccccc2CCc2ccccc21)c1ccc(OC(F)(F)F)cc1. The molecule has 0 fully saturated rings. The van der Waals surface area contributed by atoms with Crippen molar-refractivity contribution < 1.29 is 22.7 Å². The number of anilines is 2. The molecule has 0 saturated heterocycles. The van der Waals surface area contributed by atoms with Crippen molar-refractivity contribution in [3.63, 3.8) is 0 Å². The lowest BCUT2D eigenvalue weighted by atomic mass is 9.94. The molecular formula is C25H22F3NO2. The first kappa shape index (κ1) is 21.0. The highest BCUT2D eigenvalue weighted by atomic mass is 19.4. The largest absolute Gasteiger partial charge is 0.573 e. The number of aryl methyl sites for hydroxylation is 2. The molecule has 4 rings (SSSR count). The maximum absolute atomic E-state index is 13.8. The molecule has 3 aromatic rings. The molecule has 0 saturated carbocycles. The van der Waals surface area contributed by atoms with Crippen LogP contribution in [0.4, 0.5) is 24.5 Å². The van der Waals surface area contributed by atoms with Crippen molar-refractivity contribution in [2.75, 3.05) is 4.90 Å². The fraction of sp³-hybridized carbons (Fsp3) is 0.240. The van der Waals surface area contributed by atoms with Crippen LogP contribution in [0.5, 0.6) is 5.75 Å². The molecule has 0 N–H and O–H groups in total. The summed E-state index contributed by atoms with van der Waals surface area (Å²) in [5, 5.41) is 0. The summed E-state index contributed by atoms with van der Waals surface area (Å²) in [7, 11) is 0. The van der Waals surface area contributed by atoms with E-state index in [1.807, 2.05) is 55.5 Å². The van der Waals surface area contributed by atoms with E-state index >= 15 is 0 Å². The van der Waals surface area contributed by atoms with Crippen LogP contribution in [0, 0.1) is 0 Å². The Balaban J connectivity index is 1.72. The molecule has 160 valence electrons. The van der Waals surface area contributed by atoms with Gasteiger partial charge < -0.3 is 4.74 Å². The van der Waals surface area contributed by atoms with Gasteiger partial charge in [-0.05, 0) is 60.2 Å². The van der Waals surface area contributed by atoms with Gasteiger partial charge in [0.15, 0.2) is 0 Å². The molecule has 1 atom stereocenters. The summed E-state index contributed by atoms with van der Waals surface area (Å²) in [4.78, 5) is 15.6. The van der Waals surface area contributed by atoms with Crippen LogP contribution >= 0.6 is 0 Å². The summed E-state index contributed by atoms with van der Waals surface area (Å²) in [6, 6.07) is 21.3. The molecule has 0 aliphatic carbocycles. The Morgan fingerprint density at radius 1 is 0.903 bits per heavy atom. The van der Waals surface area contributed by atoms with Gasteiger partial charge in [0, 0.05) is 0 Å². The fourth-order valence-corrected chi connectivity index (χ4v) is 4.13. The van der Waals surface area contributed by atoms with Gasteiger partial charge in [0.2, 0.25) is 5.91 Å². The van der Waals surface area contributed by atoms with Crippen molar-refractivity contribution in [2.45, 2.75) is 38.5 Å². The Morgan fingerprint density at radius 3 is 1.90 bits per heavy atom. The van der Waals surface area contributed by atoms with Gasteiger partial charge >= 0.3 is 6.36 Å². The lowest BCUT2D eigenvalue weighted by Crippen LogP contribution is -2.32. The highest BCUT2D eigenvalue weighted by molar-refractivity contribution is 6.05. The molecule has 1 amide bonds.